The first-order valence-corrected chi connectivity index (χ1v) is 10.8. The molecular weight excluding hydrogens is 376 g/mol. The number of aryl methyl sites for hydroxylation is 1. The summed E-state index contributed by atoms with van der Waals surface area (Å²) in [7, 11) is -3.65. The molecule has 2 aromatic rings. The Labute approximate surface area is 166 Å². The van der Waals surface area contributed by atoms with E-state index in [1.807, 2.05) is 25.1 Å². The summed E-state index contributed by atoms with van der Waals surface area (Å²) in [6, 6.07) is 12.1. The maximum atomic E-state index is 12.9. The molecule has 6 nitrogen and oxygen atoms in total. The first-order chi connectivity index (χ1) is 13.3. The number of rotatable bonds is 5. The Morgan fingerprint density at radius 1 is 1.11 bits per heavy atom. The van der Waals surface area contributed by atoms with E-state index in [1.54, 1.807) is 12.1 Å². The van der Waals surface area contributed by atoms with E-state index in [0.29, 0.717) is 31.9 Å². The maximum absolute atomic E-state index is 12.9. The van der Waals surface area contributed by atoms with Crippen molar-refractivity contribution in [2.24, 2.45) is 0 Å². The van der Waals surface area contributed by atoms with Crippen LogP contribution in [0.15, 0.2) is 47.4 Å². The molecule has 0 spiro atoms. The van der Waals surface area contributed by atoms with E-state index >= 15 is 0 Å². The molecule has 0 bridgehead atoms. The standard InChI is InChI=1S/C21H26N2O4S/c1-15(2)19-9-4-6-16(3)20(19)22-21(24)17-7-5-8-18(14-17)28(25,26)23-10-12-27-13-11-23/h4-9,14-15H,10-13H2,1-3H3,(H,22,24). The lowest BCUT2D eigenvalue weighted by Gasteiger charge is -2.26. The second kappa shape index (κ2) is 8.43. The van der Waals surface area contributed by atoms with Crippen LogP contribution in [0.3, 0.4) is 0 Å². The number of amides is 1. The van der Waals surface area contributed by atoms with Gasteiger partial charge >= 0.3 is 0 Å². The van der Waals surface area contributed by atoms with Gasteiger partial charge in [-0.25, -0.2) is 8.42 Å². The molecule has 7 heteroatoms. The van der Waals surface area contributed by atoms with Crippen molar-refractivity contribution in [3.05, 3.63) is 59.2 Å². The number of para-hydroxylation sites is 1. The van der Waals surface area contributed by atoms with Gasteiger partial charge in [0, 0.05) is 24.3 Å². The Hall–Kier alpha value is -2.22. The van der Waals surface area contributed by atoms with E-state index in [0.717, 1.165) is 16.8 Å². The van der Waals surface area contributed by atoms with Crippen molar-refractivity contribution in [3.8, 4) is 0 Å². The maximum Gasteiger partial charge on any atom is 0.255 e. The van der Waals surface area contributed by atoms with Gasteiger partial charge in [-0.05, 0) is 42.2 Å². The highest BCUT2D eigenvalue weighted by Crippen LogP contribution is 2.28. The summed E-state index contributed by atoms with van der Waals surface area (Å²) >= 11 is 0. The molecule has 1 heterocycles. The smallest absolute Gasteiger partial charge is 0.255 e. The summed E-state index contributed by atoms with van der Waals surface area (Å²) in [6.07, 6.45) is 0. The fourth-order valence-electron chi connectivity index (χ4n) is 3.26. The molecule has 28 heavy (non-hydrogen) atoms. The summed E-state index contributed by atoms with van der Waals surface area (Å²) in [5, 5.41) is 2.97. The van der Waals surface area contributed by atoms with Gasteiger partial charge in [0.05, 0.1) is 18.1 Å². The minimum absolute atomic E-state index is 0.121. The Bertz CT molecular complexity index is 964. The van der Waals surface area contributed by atoms with E-state index in [9.17, 15) is 13.2 Å². The normalized spacial score (nSPS) is 15.6. The number of morpholine rings is 1. The third-order valence-electron chi connectivity index (χ3n) is 4.87. The number of ether oxygens (including phenoxy) is 1. The number of benzene rings is 2. The number of carbonyl (C=O) groups is 1. The lowest BCUT2D eigenvalue weighted by molar-refractivity contribution is 0.0730. The quantitative estimate of drug-likeness (QED) is 0.832. The topological polar surface area (TPSA) is 75.7 Å². The Morgan fingerprint density at radius 3 is 2.46 bits per heavy atom. The lowest BCUT2D eigenvalue weighted by atomic mass is 9.98. The van der Waals surface area contributed by atoms with Crippen LogP contribution in [-0.4, -0.2) is 44.9 Å². The lowest BCUT2D eigenvalue weighted by Crippen LogP contribution is -2.40. The molecule has 1 amide bonds. The summed E-state index contributed by atoms with van der Waals surface area (Å²) in [4.78, 5) is 13.0. The number of nitrogens with zero attached hydrogens (tertiary/aromatic N) is 1. The summed E-state index contributed by atoms with van der Waals surface area (Å²) in [5.41, 5.74) is 3.11. The molecule has 0 radical (unpaired) electrons. The van der Waals surface area contributed by atoms with Gasteiger partial charge in [-0.3, -0.25) is 4.79 Å². The fraction of sp³-hybridized carbons (Fsp3) is 0.381. The van der Waals surface area contributed by atoms with E-state index < -0.39 is 10.0 Å². The zero-order chi connectivity index (χ0) is 20.3. The number of nitrogens with one attached hydrogen (secondary N) is 1. The SMILES string of the molecule is Cc1cccc(C(C)C)c1NC(=O)c1cccc(S(=O)(=O)N2CCOCC2)c1. The Balaban J connectivity index is 1.88. The number of hydrogen-bond acceptors (Lipinski definition) is 4. The van der Waals surface area contributed by atoms with Crippen LogP contribution in [0.1, 0.15) is 41.3 Å². The van der Waals surface area contributed by atoms with E-state index in [2.05, 4.69) is 19.2 Å². The zero-order valence-corrected chi connectivity index (χ0v) is 17.3. The molecule has 0 aromatic heterocycles. The Morgan fingerprint density at radius 2 is 1.79 bits per heavy atom. The molecule has 0 saturated carbocycles. The van der Waals surface area contributed by atoms with Gasteiger partial charge in [0.15, 0.2) is 0 Å². The number of carbonyl (C=O) groups excluding carboxylic acids is 1. The molecule has 1 aliphatic heterocycles. The van der Waals surface area contributed by atoms with Gasteiger partial charge in [0.25, 0.3) is 5.91 Å². The second-order valence-electron chi connectivity index (χ2n) is 7.19. The van der Waals surface area contributed by atoms with Gasteiger partial charge in [0.2, 0.25) is 10.0 Å². The van der Waals surface area contributed by atoms with Crippen molar-refractivity contribution in [1.82, 2.24) is 4.31 Å². The molecule has 3 rings (SSSR count). The number of anilines is 1. The van der Waals surface area contributed by atoms with Crippen molar-refractivity contribution in [2.75, 3.05) is 31.6 Å². The van der Waals surface area contributed by atoms with Crippen LogP contribution in [0, 0.1) is 6.92 Å². The van der Waals surface area contributed by atoms with Crippen molar-refractivity contribution in [3.63, 3.8) is 0 Å². The molecule has 0 aliphatic carbocycles. The first-order valence-electron chi connectivity index (χ1n) is 9.39. The van der Waals surface area contributed by atoms with Crippen LogP contribution in [0.25, 0.3) is 0 Å². The van der Waals surface area contributed by atoms with Gasteiger partial charge < -0.3 is 10.1 Å². The van der Waals surface area contributed by atoms with E-state index in [1.165, 1.54) is 16.4 Å². The van der Waals surface area contributed by atoms with Crippen molar-refractivity contribution >= 4 is 21.6 Å². The highest BCUT2D eigenvalue weighted by Gasteiger charge is 2.27. The second-order valence-corrected chi connectivity index (χ2v) is 9.13. The van der Waals surface area contributed by atoms with Crippen LogP contribution >= 0.6 is 0 Å². The highest BCUT2D eigenvalue weighted by atomic mass is 32.2. The molecule has 0 unspecified atom stereocenters. The molecule has 1 fully saturated rings. The fourth-order valence-corrected chi connectivity index (χ4v) is 4.72. The van der Waals surface area contributed by atoms with Gasteiger partial charge in [0.1, 0.15) is 0 Å². The third-order valence-corrected chi connectivity index (χ3v) is 6.76. The van der Waals surface area contributed by atoms with Gasteiger partial charge in [-0.1, -0.05) is 38.1 Å². The predicted octanol–water partition coefficient (Wildman–Crippen LogP) is 3.39. The Kier molecular flexibility index (Phi) is 6.17. The first kappa shape index (κ1) is 20.5. The minimum atomic E-state index is -3.65. The van der Waals surface area contributed by atoms with Crippen molar-refractivity contribution < 1.29 is 17.9 Å². The van der Waals surface area contributed by atoms with Crippen LogP contribution in [0.2, 0.25) is 0 Å². The molecule has 1 saturated heterocycles. The van der Waals surface area contributed by atoms with Crippen LogP contribution in [-0.2, 0) is 14.8 Å². The van der Waals surface area contributed by atoms with Crippen molar-refractivity contribution in [1.29, 1.82) is 0 Å². The van der Waals surface area contributed by atoms with E-state index in [4.69, 9.17) is 4.74 Å². The van der Waals surface area contributed by atoms with E-state index in [-0.39, 0.29) is 16.7 Å². The molecule has 150 valence electrons. The molecule has 1 N–H and O–H groups in total. The van der Waals surface area contributed by atoms with Crippen LogP contribution in [0.4, 0.5) is 5.69 Å². The van der Waals surface area contributed by atoms with Gasteiger partial charge in [-0.15, -0.1) is 0 Å². The highest BCUT2D eigenvalue weighted by molar-refractivity contribution is 7.89. The van der Waals surface area contributed by atoms with Gasteiger partial charge in [-0.2, -0.15) is 4.31 Å². The summed E-state index contributed by atoms with van der Waals surface area (Å²) in [6.45, 7) is 7.48. The van der Waals surface area contributed by atoms with Crippen molar-refractivity contribution in [2.45, 2.75) is 31.6 Å². The predicted molar refractivity (Wildman–Crippen MR) is 109 cm³/mol. The average molecular weight is 403 g/mol. The molecular formula is C21H26N2O4S. The monoisotopic (exact) mass is 402 g/mol. The largest absolute Gasteiger partial charge is 0.379 e. The zero-order valence-electron chi connectivity index (χ0n) is 16.4. The number of hydrogen-bond donors (Lipinski definition) is 1. The molecule has 1 aliphatic rings. The summed E-state index contributed by atoms with van der Waals surface area (Å²) < 4.78 is 32.3. The average Bonchev–Trinajstić information content (AvgIpc) is 2.70. The minimum Gasteiger partial charge on any atom is -0.379 e. The van der Waals surface area contributed by atoms with Crippen LogP contribution in [0.5, 0.6) is 0 Å². The third kappa shape index (κ3) is 4.27. The van der Waals surface area contributed by atoms with Crippen LogP contribution < -0.4 is 5.32 Å². The number of sulfonamides is 1. The molecule has 0 atom stereocenters. The molecule has 2 aromatic carbocycles. The summed E-state index contributed by atoms with van der Waals surface area (Å²) in [5.74, 6) is -0.0709.